The Kier molecular flexibility index (Phi) is 6.76. The molecule has 12 heteroatoms. The SMILES string of the molecule is CCOc1cn(-c2cncn2C)nc1C(=O)Nc1ccc(Oc2ccnc3cc(OC)c(OC)cc23)cn1. The number of anilines is 1. The summed E-state index contributed by atoms with van der Waals surface area (Å²) >= 11 is 0. The van der Waals surface area contributed by atoms with Crippen LogP contribution in [0.5, 0.6) is 28.7 Å². The number of aromatic nitrogens is 6. The summed E-state index contributed by atoms with van der Waals surface area (Å²) in [5.41, 5.74) is 0.815. The van der Waals surface area contributed by atoms with E-state index in [2.05, 4.69) is 25.4 Å². The number of hydrogen-bond acceptors (Lipinski definition) is 9. The maximum atomic E-state index is 13.0. The number of fused-ring (bicyclic) bond motifs is 1. The number of amides is 1. The molecule has 0 fully saturated rings. The van der Waals surface area contributed by atoms with Crippen molar-refractivity contribution in [2.24, 2.45) is 7.05 Å². The van der Waals surface area contributed by atoms with Gasteiger partial charge in [0.2, 0.25) is 0 Å². The van der Waals surface area contributed by atoms with Crippen molar-refractivity contribution in [1.29, 1.82) is 0 Å². The molecule has 0 aliphatic heterocycles. The zero-order chi connectivity index (χ0) is 26.6. The topological polar surface area (TPSA) is 127 Å². The van der Waals surface area contributed by atoms with Crippen LogP contribution in [0.25, 0.3) is 16.7 Å². The summed E-state index contributed by atoms with van der Waals surface area (Å²) in [7, 11) is 4.97. The van der Waals surface area contributed by atoms with E-state index in [0.29, 0.717) is 52.5 Å². The van der Waals surface area contributed by atoms with Crippen molar-refractivity contribution >= 4 is 22.6 Å². The summed E-state index contributed by atoms with van der Waals surface area (Å²) < 4.78 is 25.8. The summed E-state index contributed by atoms with van der Waals surface area (Å²) in [5.74, 6) is 3.07. The molecule has 194 valence electrons. The van der Waals surface area contributed by atoms with Crippen LogP contribution in [0.2, 0.25) is 0 Å². The number of rotatable bonds is 9. The van der Waals surface area contributed by atoms with Crippen molar-refractivity contribution in [2.75, 3.05) is 26.1 Å². The molecule has 5 rings (SSSR count). The second kappa shape index (κ2) is 10.5. The standard InChI is InChI=1S/C26H25N7O5/c1-5-37-22-14-33(24-13-27-15-32(24)2)31-25(22)26(34)30-23-7-6-16(12-29-23)38-19-8-9-28-18-11-21(36-4)20(35-3)10-17(18)19/h6-15H,5H2,1-4H3,(H,29,30,34). The molecule has 0 saturated carbocycles. The van der Waals surface area contributed by atoms with Crippen LogP contribution < -0.4 is 24.3 Å². The Bertz CT molecular complexity index is 1590. The summed E-state index contributed by atoms with van der Waals surface area (Å²) in [5, 5.41) is 7.90. The number of nitrogens with one attached hydrogen (secondary N) is 1. The molecule has 1 N–H and O–H groups in total. The number of carbonyl (C=O) groups excluding carboxylic acids is 1. The van der Waals surface area contributed by atoms with Crippen LogP contribution in [0.3, 0.4) is 0 Å². The lowest BCUT2D eigenvalue weighted by atomic mass is 10.2. The summed E-state index contributed by atoms with van der Waals surface area (Å²) in [6.07, 6.45) is 8.09. The van der Waals surface area contributed by atoms with Gasteiger partial charge in [-0.3, -0.25) is 9.78 Å². The number of methoxy groups -OCH3 is 2. The molecule has 4 heterocycles. The molecule has 0 bridgehead atoms. The molecule has 0 aliphatic rings. The number of carbonyl (C=O) groups is 1. The predicted molar refractivity (Wildman–Crippen MR) is 139 cm³/mol. The molecule has 5 aromatic rings. The molecule has 12 nitrogen and oxygen atoms in total. The van der Waals surface area contributed by atoms with E-state index >= 15 is 0 Å². The minimum atomic E-state index is -0.461. The summed E-state index contributed by atoms with van der Waals surface area (Å²) in [6.45, 7) is 2.21. The number of benzene rings is 1. The predicted octanol–water partition coefficient (Wildman–Crippen LogP) is 4.01. The molecular formula is C26H25N7O5. The van der Waals surface area contributed by atoms with Crippen LogP contribution >= 0.6 is 0 Å². The van der Waals surface area contributed by atoms with Crippen molar-refractivity contribution in [3.63, 3.8) is 0 Å². The number of ether oxygens (including phenoxy) is 4. The Hall–Kier alpha value is -5.13. The van der Waals surface area contributed by atoms with E-state index in [1.54, 1.807) is 78.7 Å². The van der Waals surface area contributed by atoms with E-state index in [-0.39, 0.29) is 5.69 Å². The number of imidazole rings is 1. The fourth-order valence-electron chi connectivity index (χ4n) is 3.82. The highest BCUT2D eigenvalue weighted by Crippen LogP contribution is 2.36. The number of pyridine rings is 2. The minimum absolute atomic E-state index is 0.128. The largest absolute Gasteiger partial charge is 0.493 e. The van der Waals surface area contributed by atoms with Crippen molar-refractivity contribution < 1.29 is 23.7 Å². The molecule has 1 amide bonds. The van der Waals surface area contributed by atoms with Crippen LogP contribution in [0.4, 0.5) is 5.82 Å². The zero-order valence-electron chi connectivity index (χ0n) is 21.2. The Balaban J connectivity index is 1.34. The Labute approximate surface area is 217 Å². The third kappa shape index (κ3) is 4.78. The van der Waals surface area contributed by atoms with Gasteiger partial charge in [-0.1, -0.05) is 0 Å². The van der Waals surface area contributed by atoms with Gasteiger partial charge in [0.1, 0.15) is 17.3 Å². The van der Waals surface area contributed by atoms with Gasteiger partial charge in [-0.2, -0.15) is 5.10 Å². The first-order valence-electron chi connectivity index (χ1n) is 11.7. The van der Waals surface area contributed by atoms with E-state index in [9.17, 15) is 4.79 Å². The van der Waals surface area contributed by atoms with Crippen molar-refractivity contribution in [2.45, 2.75) is 6.92 Å². The third-order valence-electron chi connectivity index (χ3n) is 5.63. The lowest BCUT2D eigenvalue weighted by Gasteiger charge is -2.12. The van der Waals surface area contributed by atoms with E-state index in [0.717, 1.165) is 5.39 Å². The molecule has 0 aliphatic carbocycles. The maximum absolute atomic E-state index is 13.0. The van der Waals surface area contributed by atoms with E-state index in [4.69, 9.17) is 18.9 Å². The maximum Gasteiger partial charge on any atom is 0.281 e. The summed E-state index contributed by atoms with van der Waals surface area (Å²) in [4.78, 5) is 25.8. The monoisotopic (exact) mass is 515 g/mol. The highest BCUT2D eigenvalue weighted by molar-refractivity contribution is 6.04. The zero-order valence-corrected chi connectivity index (χ0v) is 21.2. The molecule has 0 unspecified atom stereocenters. The molecular weight excluding hydrogens is 490 g/mol. The van der Waals surface area contributed by atoms with E-state index in [1.807, 2.05) is 14.0 Å². The molecule has 4 aromatic heterocycles. The van der Waals surface area contributed by atoms with E-state index in [1.165, 1.54) is 6.20 Å². The fraction of sp³-hybridized carbons (Fsp3) is 0.192. The quantitative estimate of drug-likeness (QED) is 0.310. The van der Waals surface area contributed by atoms with Crippen LogP contribution in [0, 0.1) is 0 Å². The van der Waals surface area contributed by atoms with Gasteiger partial charge in [-0.15, -0.1) is 0 Å². The molecule has 38 heavy (non-hydrogen) atoms. The highest BCUT2D eigenvalue weighted by atomic mass is 16.5. The van der Waals surface area contributed by atoms with Crippen LogP contribution in [0.15, 0.2) is 61.4 Å². The normalized spacial score (nSPS) is 10.8. The van der Waals surface area contributed by atoms with Crippen molar-refractivity contribution in [3.8, 4) is 34.6 Å². The van der Waals surface area contributed by atoms with Gasteiger partial charge < -0.3 is 28.8 Å². The second-order valence-corrected chi connectivity index (χ2v) is 8.05. The summed E-state index contributed by atoms with van der Waals surface area (Å²) in [6, 6.07) is 8.67. The number of aryl methyl sites for hydroxylation is 1. The molecule has 1 aromatic carbocycles. The third-order valence-corrected chi connectivity index (χ3v) is 5.63. The Morgan fingerprint density at radius 3 is 2.50 bits per heavy atom. The van der Waals surface area contributed by atoms with Gasteiger partial charge in [0.15, 0.2) is 28.8 Å². The molecule has 0 saturated heterocycles. The number of nitrogens with zero attached hydrogens (tertiary/aromatic N) is 6. The lowest BCUT2D eigenvalue weighted by Crippen LogP contribution is -2.15. The van der Waals surface area contributed by atoms with Crippen LogP contribution in [0.1, 0.15) is 17.4 Å². The van der Waals surface area contributed by atoms with Crippen molar-refractivity contribution in [3.05, 3.63) is 67.1 Å². The van der Waals surface area contributed by atoms with Gasteiger partial charge in [0.05, 0.1) is 51.3 Å². The highest BCUT2D eigenvalue weighted by Gasteiger charge is 2.20. The van der Waals surface area contributed by atoms with Gasteiger partial charge in [-0.05, 0) is 31.2 Å². The van der Waals surface area contributed by atoms with Gasteiger partial charge >= 0.3 is 0 Å². The average Bonchev–Trinajstić information content (AvgIpc) is 3.55. The smallest absolute Gasteiger partial charge is 0.281 e. The molecule has 0 spiro atoms. The number of hydrogen-bond donors (Lipinski definition) is 1. The Morgan fingerprint density at radius 1 is 1.00 bits per heavy atom. The average molecular weight is 516 g/mol. The fourth-order valence-corrected chi connectivity index (χ4v) is 3.82. The van der Waals surface area contributed by atoms with Crippen LogP contribution in [-0.2, 0) is 7.05 Å². The van der Waals surface area contributed by atoms with Gasteiger partial charge in [-0.25, -0.2) is 14.6 Å². The minimum Gasteiger partial charge on any atom is -0.493 e. The molecule has 0 radical (unpaired) electrons. The van der Waals surface area contributed by atoms with Crippen LogP contribution in [-0.4, -0.2) is 56.0 Å². The van der Waals surface area contributed by atoms with Crippen molar-refractivity contribution in [1.82, 2.24) is 29.3 Å². The lowest BCUT2D eigenvalue weighted by molar-refractivity contribution is 0.101. The van der Waals surface area contributed by atoms with Gasteiger partial charge in [0, 0.05) is 24.7 Å². The first-order chi connectivity index (χ1) is 18.5. The first kappa shape index (κ1) is 24.6. The first-order valence-corrected chi connectivity index (χ1v) is 11.7. The molecule has 0 atom stereocenters. The van der Waals surface area contributed by atoms with Gasteiger partial charge in [0.25, 0.3) is 5.91 Å². The Morgan fingerprint density at radius 2 is 1.82 bits per heavy atom. The second-order valence-electron chi connectivity index (χ2n) is 8.05. The van der Waals surface area contributed by atoms with E-state index < -0.39 is 5.91 Å².